The van der Waals surface area contributed by atoms with Crippen LogP contribution in [0.1, 0.15) is 49.5 Å². The summed E-state index contributed by atoms with van der Waals surface area (Å²) in [6.45, 7) is 7.87. The molecule has 2 heteroatoms. The summed E-state index contributed by atoms with van der Waals surface area (Å²) in [5.41, 5.74) is 2.59. The molecule has 0 fully saturated rings. The maximum Gasteiger partial charge on any atom is 0.123 e. The smallest absolute Gasteiger partial charge is 0.123 e. The topological polar surface area (TPSA) is 20.2 Å². The molecule has 0 saturated carbocycles. The molecule has 0 aliphatic heterocycles. The molecule has 0 bridgehead atoms. The number of hydrogen-bond donors (Lipinski definition) is 1. The third kappa shape index (κ3) is 2.62. The Kier molecular flexibility index (Phi) is 4.48. The van der Waals surface area contributed by atoms with Crippen molar-refractivity contribution in [1.29, 1.82) is 0 Å². The van der Waals surface area contributed by atoms with Gasteiger partial charge in [-0.25, -0.2) is 4.39 Å². The van der Waals surface area contributed by atoms with Gasteiger partial charge in [-0.2, -0.15) is 0 Å². The van der Waals surface area contributed by atoms with Crippen molar-refractivity contribution in [2.24, 2.45) is 5.92 Å². The summed E-state index contributed by atoms with van der Waals surface area (Å²) in [4.78, 5) is 0. The number of hydrogen-bond acceptors (Lipinski definition) is 1. The van der Waals surface area contributed by atoms with Crippen LogP contribution in [-0.4, -0.2) is 5.11 Å². The number of aliphatic hydroxyl groups excluding tert-OH is 1. The molecule has 1 nitrogen and oxygen atoms in total. The van der Waals surface area contributed by atoms with Crippen molar-refractivity contribution in [2.45, 2.75) is 46.6 Å². The number of aryl methyl sites for hydroxylation is 2. The maximum atomic E-state index is 13.2. The molecule has 0 heterocycles. The van der Waals surface area contributed by atoms with Crippen molar-refractivity contribution in [1.82, 2.24) is 0 Å². The monoisotopic (exact) mass is 224 g/mol. The number of rotatable bonds is 4. The van der Waals surface area contributed by atoms with E-state index in [0.29, 0.717) is 0 Å². The third-order valence-electron chi connectivity index (χ3n) is 3.35. The van der Waals surface area contributed by atoms with E-state index in [1.54, 1.807) is 0 Å². The molecule has 1 aromatic rings. The van der Waals surface area contributed by atoms with E-state index in [4.69, 9.17) is 0 Å². The lowest BCUT2D eigenvalue weighted by Crippen LogP contribution is -2.14. The van der Waals surface area contributed by atoms with Crippen molar-refractivity contribution in [3.05, 3.63) is 34.6 Å². The fraction of sp³-hybridized carbons (Fsp3) is 0.571. The first-order valence-electron chi connectivity index (χ1n) is 5.95. The zero-order valence-corrected chi connectivity index (χ0v) is 10.5. The lowest BCUT2D eigenvalue weighted by molar-refractivity contribution is 0.102. The molecular formula is C14H21FO. The Morgan fingerprint density at radius 2 is 1.56 bits per heavy atom. The molecule has 0 spiro atoms. The molecule has 0 aromatic heterocycles. The average Bonchev–Trinajstić information content (AvgIpc) is 2.17. The molecule has 1 unspecified atom stereocenters. The van der Waals surface area contributed by atoms with E-state index in [-0.39, 0.29) is 11.7 Å². The van der Waals surface area contributed by atoms with E-state index < -0.39 is 6.10 Å². The molecule has 0 aliphatic carbocycles. The quantitative estimate of drug-likeness (QED) is 0.822. The second-order valence-electron chi connectivity index (χ2n) is 4.47. The van der Waals surface area contributed by atoms with Crippen LogP contribution in [0.4, 0.5) is 4.39 Å². The van der Waals surface area contributed by atoms with Gasteiger partial charge in [-0.3, -0.25) is 0 Å². The Morgan fingerprint density at radius 1 is 1.12 bits per heavy atom. The maximum absolute atomic E-state index is 13.2. The Bertz CT molecular complexity index is 333. The van der Waals surface area contributed by atoms with Gasteiger partial charge in [0.2, 0.25) is 0 Å². The van der Waals surface area contributed by atoms with Gasteiger partial charge in [0.25, 0.3) is 0 Å². The Hall–Kier alpha value is -0.890. The summed E-state index contributed by atoms with van der Waals surface area (Å²) < 4.78 is 13.2. The molecule has 1 atom stereocenters. The molecule has 1 rings (SSSR count). The van der Waals surface area contributed by atoms with Crippen molar-refractivity contribution in [3.63, 3.8) is 0 Å². The zero-order chi connectivity index (χ0) is 12.3. The van der Waals surface area contributed by atoms with Crippen LogP contribution in [-0.2, 0) is 0 Å². The summed E-state index contributed by atoms with van der Waals surface area (Å²) >= 11 is 0. The zero-order valence-electron chi connectivity index (χ0n) is 10.5. The minimum absolute atomic E-state index is 0.226. The van der Waals surface area contributed by atoms with E-state index >= 15 is 0 Å². The average molecular weight is 224 g/mol. The minimum Gasteiger partial charge on any atom is -0.388 e. The van der Waals surface area contributed by atoms with Crippen LogP contribution < -0.4 is 0 Å². The second kappa shape index (κ2) is 5.44. The first-order chi connectivity index (χ1) is 7.51. The lowest BCUT2D eigenvalue weighted by Gasteiger charge is -2.23. The molecule has 16 heavy (non-hydrogen) atoms. The standard InChI is InChI=1S/C14H21FO/c1-5-11(6-2)14(16)13-9(3)7-12(15)8-10(13)4/h7-8,11,14,16H,5-6H2,1-4H3. The van der Waals surface area contributed by atoms with E-state index in [2.05, 4.69) is 13.8 Å². The van der Waals surface area contributed by atoms with Crippen LogP contribution in [0, 0.1) is 25.6 Å². The Morgan fingerprint density at radius 3 is 1.94 bits per heavy atom. The van der Waals surface area contributed by atoms with Crippen LogP contribution >= 0.6 is 0 Å². The summed E-state index contributed by atoms with van der Waals surface area (Å²) in [5.74, 6) is 0.0263. The van der Waals surface area contributed by atoms with Gasteiger partial charge in [-0.15, -0.1) is 0 Å². The predicted octanol–water partition coefficient (Wildman–Crippen LogP) is 3.91. The van der Waals surface area contributed by atoms with Gasteiger partial charge in [0.1, 0.15) is 5.82 Å². The predicted molar refractivity (Wildman–Crippen MR) is 64.9 cm³/mol. The molecule has 1 N–H and O–H groups in total. The highest BCUT2D eigenvalue weighted by molar-refractivity contribution is 5.36. The highest BCUT2D eigenvalue weighted by atomic mass is 19.1. The summed E-state index contributed by atoms with van der Waals surface area (Å²) in [7, 11) is 0. The normalized spacial score (nSPS) is 13.2. The summed E-state index contributed by atoms with van der Waals surface area (Å²) in [5, 5.41) is 10.3. The second-order valence-corrected chi connectivity index (χ2v) is 4.47. The van der Waals surface area contributed by atoms with Gasteiger partial charge in [-0.05, 0) is 48.6 Å². The molecule has 0 radical (unpaired) electrons. The fourth-order valence-corrected chi connectivity index (χ4v) is 2.36. The number of halogens is 1. The van der Waals surface area contributed by atoms with Crippen molar-refractivity contribution in [2.75, 3.05) is 0 Å². The van der Waals surface area contributed by atoms with Crippen molar-refractivity contribution < 1.29 is 9.50 Å². The largest absolute Gasteiger partial charge is 0.388 e. The van der Waals surface area contributed by atoms with Crippen LogP contribution in [0.5, 0.6) is 0 Å². The van der Waals surface area contributed by atoms with Crippen molar-refractivity contribution in [3.8, 4) is 0 Å². The van der Waals surface area contributed by atoms with Crippen LogP contribution in [0.15, 0.2) is 12.1 Å². The van der Waals surface area contributed by atoms with Crippen LogP contribution in [0.3, 0.4) is 0 Å². The number of aliphatic hydroxyl groups is 1. The van der Waals surface area contributed by atoms with Gasteiger partial charge in [0.05, 0.1) is 6.10 Å². The molecule has 0 amide bonds. The minimum atomic E-state index is -0.476. The molecule has 90 valence electrons. The lowest BCUT2D eigenvalue weighted by atomic mass is 9.87. The van der Waals surface area contributed by atoms with Gasteiger partial charge in [0, 0.05) is 0 Å². The first kappa shape index (κ1) is 13.2. The van der Waals surface area contributed by atoms with Gasteiger partial charge >= 0.3 is 0 Å². The highest BCUT2D eigenvalue weighted by Crippen LogP contribution is 2.31. The summed E-state index contributed by atoms with van der Waals surface area (Å²) in [6, 6.07) is 2.99. The van der Waals surface area contributed by atoms with Gasteiger partial charge < -0.3 is 5.11 Å². The molecular weight excluding hydrogens is 203 g/mol. The third-order valence-corrected chi connectivity index (χ3v) is 3.35. The summed E-state index contributed by atoms with van der Waals surface area (Å²) in [6.07, 6.45) is 1.40. The van der Waals surface area contributed by atoms with Crippen LogP contribution in [0.2, 0.25) is 0 Å². The van der Waals surface area contributed by atoms with E-state index in [1.165, 1.54) is 12.1 Å². The molecule has 0 saturated heterocycles. The molecule has 0 aliphatic rings. The van der Waals surface area contributed by atoms with Crippen molar-refractivity contribution >= 4 is 0 Å². The van der Waals surface area contributed by atoms with Crippen LogP contribution in [0.25, 0.3) is 0 Å². The fourth-order valence-electron chi connectivity index (χ4n) is 2.36. The van der Waals surface area contributed by atoms with Gasteiger partial charge in [0.15, 0.2) is 0 Å². The Balaban J connectivity index is 3.12. The highest BCUT2D eigenvalue weighted by Gasteiger charge is 2.21. The SMILES string of the molecule is CCC(CC)C(O)c1c(C)cc(F)cc1C. The Labute approximate surface area is 97.3 Å². The van der Waals surface area contributed by atoms with E-state index in [9.17, 15) is 9.50 Å². The van der Waals surface area contributed by atoms with Gasteiger partial charge in [-0.1, -0.05) is 26.7 Å². The van der Waals surface area contributed by atoms with E-state index in [0.717, 1.165) is 29.5 Å². The van der Waals surface area contributed by atoms with E-state index in [1.807, 2.05) is 13.8 Å². The number of benzene rings is 1. The molecule has 1 aromatic carbocycles. The first-order valence-corrected chi connectivity index (χ1v) is 5.95.